The topological polar surface area (TPSA) is 59.3 Å². The van der Waals surface area contributed by atoms with Crippen LogP contribution in [0.3, 0.4) is 0 Å². The van der Waals surface area contributed by atoms with Gasteiger partial charge in [-0.25, -0.2) is 4.39 Å². The molecule has 5 nitrogen and oxygen atoms in total. The van der Waals surface area contributed by atoms with E-state index in [9.17, 15) is 9.18 Å². The minimum absolute atomic E-state index is 0.0640. The Morgan fingerprint density at radius 1 is 1.24 bits per heavy atom. The second-order valence-electron chi connectivity index (χ2n) is 5.06. The second-order valence-corrected chi connectivity index (χ2v) is 7.62. The van der Waals surface area contributed by atoms with Crippen LogP contribution in [0, 0.1) is 5.82 Å². The van der Waals surface area contributed by atoms with Crippen molar-refractivity contribution in [3.8, 4) is 0 Å². The summed E-state index contributed by atoms with van der Waals surface area (Å²) in [5.74, 6) is -0.844. The number of pyridine rings is 1. The Balaban J connectivity index is 1.76. The summed E-state index contributed by atoms with van der Waals surface area (Å²) in [4.78, 5) is 12.3. The van der Waals surface area contributed by atoms with E-state index in [1.165, 1.54) is 30.0 Å². The van der Waals surface area contributed by atoms with Crippen LogP contribution in [-0.2, 0) is 4.79 Å². The molecule has 1 N–H and O–H groups in total. The predicted octanol–water partition coefficient (Wildman–Crippen LogP) is 4.95. The molecule has 0 aliphatic rings. The molecule has 2 aromatic heterocycles. The Labute approximate surface area is 161 Å². The fourth-order valence-electron chi connectivity index (χ4n) is 2.01. The number of nitrogens with one attached hydrogen (secondary N) is 1. The van der Waals surface area contributed by atoms with Crippen LogP contribution in [0.15, 0.2) is 35.6 Å². The highest BCUT2D eigenvalue weighted by molar-refractivity contribution is 8.00. The summed E-state index contributed by atoms with van der Waals surface area (Å²) in [5.41, 5.74) is 0.854. The van der Waals surface area contributed by atoms with Gasteiger partial charge in [-0.2, -0.15) is 0 Å². The van der Waals surface area contributed by atoms with Gasteiger partial charge in [0, 0.05) is 11.9 Å². The molecule has 0 fully saturated rings. The summed E-state index contributed by atoms with van der Waals surface area (Å²) in [5, 5.41) is 11.4. The Hall–Kier alpha value is -1.54. The van der Waals surface area contributed by atoms with Crippen LogP contribution in [0.25, 0.3) is 5.65 Å². The van der Waals surface area contributed by atoms with Crippen LogP contribution in [-0.4, -0.2) is 25.8 Å². The minimum atomic E-state index is -0.550. The number of hydrogen-bond donors (Lipinski definition) is 1. The van der Waals surface area contributed by atoms with E-state index in [0.29, 0.717) is 26.5 Å². The van der Waals surface area contributed by atoms with E-state index in [-0.39, 0.29) is 10.9 Å². The van der Waals surface area contributed by atoms with Crippen molar-refractivity contribution in [2.45, 2.75) is 17.3 Å². The summed E-state index contributed by atoms with van der Waals surface area (Å²) in [6.07, 6.45) is 1.62. The van der Waals surface area contributed by atoms with Crippen molar-refractivity contribution in [1.82, 2.24) is 14.6 Å². The fraction of sp³-hybridized carbons (Fsp3) is 0.133. The molecule has 3 aromatic rings. The molecular weight excluding hydrogens is 410 g/mol. The Morgan fingerprint density at radius 2 is 2.00 bits per heavy atom. The van der Waals surface area contributed by atoms with Crippen molar-refractivity contribution in [3.63, 3.8) is 0 Å². The van der Waals surface area contributed by atoms with Gasteiger partial charge in [0.1, 0.15) is 5.82 Å². The molecule has 0 saturated heterocycles. The molecule has 0 aliphatic carbocycles. The molecule has 2 heterocycles. The van der Waals surface area contributed by atoms with Crippen molar-refractivity contribution < 1.29 is 9.18 Å². The van der Waals surface area contributed by atoms with E-state index in [1.54, 1.807) is 23.6 Å². The highest BCUT2D eigenvalue weighted by atomic mass is 35.5. The van der Waals surface area contributed by atoms with Gasteiger partial charge in [-0.3, -0.25) is 9.20 Å². The molecule has 1 amide bonds. The number of carbonyl (C=O) groups excluding carboxylic acids is 1. The van der Waals surface area contributed by atoms with E-state index < -0.39 is 11.1 Å². The first-order valence-corrected chi connectivity index (χ1v) is 8.99. The molecule has 1 aromatic carbocycles. The summed E-state index contributed by atoms with van der Waals surface area (Å²) in [6, 6.07) is 5.53. The third-order valence-electron chi connectivity index (χ3n) is 3.23. The first-order chi connectivity index (χ1) is 11.8. The zero-order valence-electron chi connectivity index (χ0n) is 12.6. The van der Waals surface area contributed by atoms with Gasteiger partial charge < -0.3 is 5.32 Å². The molecule has 25 heavy (non-hydrogen) atoms. The van der Waals surface area contributed by atoms with Crippen LogP contribution in [0.4, 0.5) is 10.1 Å². The molecular formula is C15H10Cl3FN4OS. The average molecular weight is 420 g/mol. The van der Waals surface area contributed by atoms with Crippen molar-refractivity contribution >= 4 is 63.8 Å². The largest absolute Gasteiger partial charge is 0.325 e. The first-order valence-electron chi connectivity index (χ1n) is 6.97. The lowest BCUT2D eigenvalue weighted by atomic mass is 10.3. The molecule has 3 rings (SSSR count). The Bertz CT molecular complexity index is 965. The zero-order chi connectivity index (χ0) is 18.1. The highest BCUT2D eigenvalue weighted by Crippen LogP contribution is 2.28. The molecule has 0 spiro atoms. The summed E-state index contributed by atoms with van der Waals surface area (Å²) >= 11 is 19.0. The summed E-state index contributed by atoms with van der Waals surface area (Å²) in [7, 11) is 0. The second kappa shape index (κ2) is 7.37. The number of nitrogens with zero attached hydrogens (tertiary/aromatic N) is 3. The molecule has 130 valence electrons. The lowest BCUT2D eigenvalue weighted by Gasteiger charge is -2.11. The van der Waals surface area contributed by atoms with Gasteiger partial charge >= 0.3 is 0 Å². The van der Waals surface area contributed by atoms with E-state index >= 15 is 0 Å². The molecule has 1 atom stereocenters. The number of thioether (sulfide) groups is 1. The molecule has 0 bridgehead atoms. The first kappa shape index (κ1) is 18.3. The maximum Gasteiger partial charge on any atom is 0.237 e. The summed E-state index contributed by atoms with van der Waals surface area (Å²) in [6.45, 7) is 1.71. The number of aromatic nitrogens is 3. The molecule has 0 saturated carbocycles. The van der Waals surface area contributed by atoms with E-state index in [0.717, 1.165) is 0 Å². The van der Waals surface area contributed by atoms with E-state index in [2.05, 4.69) is 15.5 Å². The number of fused-ring (bicyclic) bond motifs is 1. The van der Waals surface area contributed by atoms with Crippen molar-refractivity contribution in [2.75, 3.05) is 5.32 Å². The fourth-order valence-corrected chi connectivity index (χ4v) is 3.52. The van der Waals surface area contributed by atoms with Crippen LogP contribution in [0.2, 0.25) is 15.1 Å². The van der Waals surface area contributed by atoms with Gasteiger partial charge in [-0.05, 0) is 31.2 Å². The maximum atomic E-state index is 13.2. The van der Waals surface area contributed by atoms with Gasteiger partial charge in [0.2, 0.25) is 5.91 Å². The number of hydrogen-bond acceptors (Lipinski definition) is 4. The molecule has 0 radical (unpaired) electrons. The van der Waals surface area contributed by atoms with Gasteiger partial charge in [-0.15, -0.1) is 10.2 Å². The minimum Gasteiger partial charge on any atom is -0.325 e. The number of rotatable bonds is 4. The van der Waals surface area contributed by atoms with Crippen LogP contribution in [0.5, 0.6) is 0 Å². The number of carbonyl (C=O) groups is 1. The lowest BCUT2D eigenvalue weighted by Crippen LogP contribution is -2.22. The number of halogens is 4. The monoisotopic (exact) mass is 418 g/mol. The highest BCUT2D eigenvalue weighted by Gasteiger charge is 2.19. The van der Waals surface area contributed by atoms with Gasteiger partial charge in [0.15, 0.2) is 10.8 Å². The predicted molar refractivity (Wildman–Crippen MR) is 98.4 cm³/mol. The third kappa shape index (κ3) is 4.00. The van der Waals surface area contributed by atoms with Crippen molar-refractivity contribution in [3.05, 3.63) is 51.3 Å². The SMILES string of the molecule is CC(Sc1nnc2c(Cl)cc(Cl)cn12)C(=O)Nc1ccc(F)c(Cl)c1. The van der Waals surface area contributed by atoms with Gasteiger partial charge in [0.05, 0.1) is 20.3 Å². The van der Waals surface area contributed by atoms with E-state index in [4.69, 9.17) is 34.8 Å². The standard InChI is InChI=1S/C15H10Cl3FN4OS/c1-7(14(24)20-9-2-3-12(19)10(17)5-9)25-15-22-21-13-11(18)4-8(16)6-23(13)15/h2-7H,1H3,(H,20,24). The van der Waals surface area contributed by atoms with Gasteiger partial charge in [-0.1, -0.05) is 46.6 Å². The number of benzene rings is 1. The summed E-state index contributed by atoms with van der Waals surface area (Å²) < 4.78 is 14.8. The molecule has 1 unspecified atom stereocenters. The average Bonchev–Trinajstić information content (AvgIpc) is 2.94. The van der Waals surface area contributed by atoms with E-state index in [1.807, 2.05) is 0 Å². The van der Waals surface area contributed by atoms with Crippen molar-refractivity contribution in [2.24, 2.45) is 0 Å². The maximum absolute atomic E-state index is 13.2. The van der Waals surface area contributed by atoms with Crippen LogP contribution < -0.4 is 5.32 Å². The lowest BCUT2D eigenvalue weighted by molar-refractivity contribution is -0.115. The number of anilines is 1. The third-order valence-corrected chi connectivity index (χ3v) is 5.07. The van der Waals surface area contributed by atoms with Gasteiger partial charge in [0.25, 0.3) is 0 Å². The Kier molecular flexibility index (Phi) is 5.38. The molecule has 10 heteroatoms. The zero-order valence-corrected chi connectivity index (χ0v) is 15.7. The van der Waals surface area contributed by atoms with Crippen molar-refractivity contribution in [1.29, 1.82) is 0 Å². The number of amides is 1. The van der Waals surface area contributed by atoms with Crippen LogP contribution >= 0.6 is 46.6 Å². The Morgan fingerprint density at radius 3 is 2.72 bits per heavy atom. The van der Waals surface area contributed by atoms with Crippen LogP contribution in [0.1, 0.15) is 6.92 Å². The molecule has 0 aliphatic heterocycles. The smallest absolute Gasteiger partial charge is 0.237 e. The normalized spacial score (nSPS) is 12.4. The quantitative estimate of drug-likeness (QED) is 0.608.